The molecule has 1 atom stereocenters. The lowest BCUT2D eigenvalue weighted by Crippen LogP contribution is -2.33. The van der Waals surface area contributed by atoms with Crippen molar-refractivity contribution in [3.05, 3.63) is 23.8 Å². The second-order valence-electron chi connectivity index (χ2n) is 5.49. The van der Waals surface area contributed by atoms with Gasteiger partial charge in [-0.05, 0) is 24.6 Å². The van der Waals surface area contributed by atoms with Crippen molar-refractivity contribution in [2.24, 2.45) is 5.92 Å². The molecular weight excluding hydrogens is 298 g/mol. The number of amides is 1. The maximum absolute atomic E-state index is 12.4. The van der Waals surface area contributed by atoms with Gasteiger partial charge in [0.05, 0.1) is 19.6 Å². The minimum Gasteiger partial charge on any atom is -0.493 e. The summed E-state index contributed by atoms with van der Waals surface area (Å²) in [5.41, 5.74) is 0.435. The number of carbonyl (C=O) groups excluding carboxylic acids is 1. The van der Waals surface area contributed by atoms with Crippen LogP contribution in [-0.2, 0) is 4.79 Å². The molecule has 1 N–H and O–H groups in total. The van der Waals surface area contributed by atoms with Crippen molar-refractivity contribution in [1.29, 1.82) is 0 Å². The highest BCUT2D eigenvalue weighted by Crippen LogP contribution is 2.28. The molecule has 1 unspecified atom stereocenters. The normalized spacial score (nSPS) is 11.7. The third kappa shape index (κ3) is 5.47. The summed E-state index contributed by atoms with van der Waals surface area (Å²) >= 11 is 0. The molecule has 0 aliphatic heterocycles. The van der Waals surface area contributed by atoms with Crippen LogP contribution >= 0.6 is 0 Å². The maximum atomic E-state index is 12.4. The number of carboxylic acid groups (broad SMARTS) is 1. The van der Waals surface area contributed by atoms with Crippen LogP contribution in [0.4, 0.5) is 0 Å². The lowest BCUT2D eigenvalue weighted by Gasteiger charge is -2.20. The van der Waals surface area contributed by atoms with E-state index in [0.29, 0.717) is 23.7 Å². The smallest absolute Gasteiger partial charge is 0.308 e. The second-order valence-corrected chi connectivity index (χ2v) is 5.49. The van der Waals surface area contributed by atoms with Gasteiger partial charge in [-0.2, -0.15) is 0 Å². The van der Waals surface area contributed by atoms with Crippen molar-refractivity contribution in [1.82, 2.24) is 4.90 Å². The third-order valence-corrected chi connectivity index (χ3v) is 3.48. The molecule has 128 valence electrons. The molecule has 0 saturated carbocycles. The zero-order chi connectivity index (χ0) is 17.4. The number of rotatable bonds is 9. The Kier molecular flexibility index (Phi) is 7.38. The van der Waals surface area contributed by atoms with Gasteiger partial charge >= 0.3 is 5.97 Å². The molecule has 1 rings (SSSR count). The molecule has 1 aromatic rings. The number of unbranched alkanes of at least 4 members (excludes halogenated alkanes) is 1. The molecule has 0 spiro atoms. The van der Waals surface area contributed by atoms with E-state index < -0.39 is 11.9 Å². The van der Waals surface area contributed by atoms with E-state index in [4.69, 9.17) is 14.6 Å². The van der Waals surface area contributed by atoms with Gasteiger partial charge in [-0.1, -0.05) is 20.3 Å². The summed E-state index contributed by atoms with van der Waals surface area (Å²) < 4.78 is 10.9. The topological polar surface area (TPSA) is 76.1 Å². The van der Waals surface area contributed by atoms with Gasteiger partial charge < -0.3 is 19.5 Å². The number of carboxylic acids is 1. The van der Waals surface area contributed by atoms with Crippen molar-refractivity contribution in [3.63, 3.8) is 0 Å². The van der Waals surface area contributed by atoms with Crippen LogP contribution in [0.3, 0.4) is 0 Å². The van der Waals surface area contributed by atoms with Crippen molar-refractivity contribution in [2.45, 2.75) is 26.7 Å². The van der Waals surface area contributed by atoms with E-state index in [1.807, 2.05) is 0 Å². The Balaban J connectivity index is 2.83. The molecule has 1 aromatic carbocycles. The second kappa shape index (κ2) is 9.02. The monoisotopic (exact) mass is 323 g/mol. The fraction of sp³-hybridized carbons (Fsp3) is 0.529. The largest absolute Gasteiger partial charge is 0.493 e. The van der Waals surface area contributed by atoms with Crippen LogP contribution in [0.15, 0.2) is 18.2 Å². The predicted octanol–water partition coefficient (Wildman–Crippen LogP) is 2.67. The SMILES string of the molecule is CCCCOc1ccc(C(=O)N(C)CC(C)C(=O)O)cc1OC. The van der Waals surface area contributed by atoms with Crippen LogP contribution in [0.2, 0.25) is 0 Å². The molecule has 0 heterocycles. The molecule has 23 heavy (non-hydrogen) atoms. The van der Waals surface area contributed by atoms with Gasteiger partial charge in [0.1, 0.15) is 0 Å². The van der Waals surface area contributed by atoms with E-state index in [-0.39, 0.29) is 12.5 Å². The quantitative estimate of drug-likeness (QED) is 0.707. The molecule has 0 aliphatic rings. The number of aliphatic carboxylic acids is 1. The van der Waals surface area contributed by atoms with E-state index in [1.54, 1.807) is 32.2 Å². The van der Waals surface area contributed by atoms with Crippen LogP contribution in [0.25, 0.3) is 0 Å². The van der Waals surface area contributed by atoms with Gasteiger partial charge in [0.15, 0.2) is 11.5 Å². The number of nitrogens with zero attached hydrogens (tertiary/aromatic N) is 1. The number of benzene rings is 1. The van der Waals surface area contributed by atoms with Crippen LogP contribution in [0.5, 0.6) is 11.5 Å². The van der Waals surface area contributed by atoms with Gasteiger partial charge in [0.2, 0.25) is 0 Å². The molecule has 0 saturated heterocycles. The fourth-order valence-electron chi connectivity index (χ4n) is 2.04. The minimum atomic E-state index is -0.929. The van der Waals surface area contributed by atoms with Gasteiger partial charge in [0.25, 0.3) is 5.91 Å². The number of ether oxygens (including phenoxy) is 2. The highest BCUT2D eigenvalue weighted by atomic mass is 16.5. The van der Waals surface area contributed by atoms with E-state index in [1.165, 1.54) is 12.0 Å². The van der Waals surface area contributed by atoms with Gasteiger partial charge in [-0.3, -0.25) is 9.59 Å². The summed E-state index contributed by atoms with van der Waals surface area (Å²) in [4.78, 5) is 24.7. The molecule has 1 amide bonds. The van der Waals surface area contributed by atoms with Crippen molar-refractivity contribution >= 4 is 11.9 Å². The van der Waals surface area contributed by atoms with E-state index in [9.17, 15) is 9.59 Å². The molecular formula is C17H25NO5. The minimum absolute atomic E-state index is 0.144. The summed E-state index contributed by atoms with van der Waals surface area (Å²) in [6.45, 7) is 4.38. The van der Waals surface area contributed by atoms with Gasteiger partial charge in [-0.25, -0.2) is 0 Å². The number of carbonyl (C=O) groups is 2. The van der Waals surface area contributed by atoms with Crippen LogP contribution < -0.4 is 9.47 Å². The molecule has 0 aromatic heterocycles. The number of methoxy groups -OCH3 is 1. The first kappa shape index (κ1) is 18.8. The molecule has 6 heteroatoms. The number of hydrogen-bond donors (Lipinski definition) is 1. The van der Waals surface area contributed by atoms with E-state index in [2.05, 4.69) is 6.92 Å². The first-order valence-electron chi connectivity index (χ1n) is 7.69. The lowest BCUT2D eigenvalue weighted by atomic mass is 10.1. The predicted molar refractivity (Wildman–Crippen MR) is 87.2 cm³/mol. The lowest BCUT2D eigenvalue weighted by molar-refractivity contribution is -0.141. The summed E-state index contributed by atoms with van der Waals surface area (Å²) in [6.07, 6.45) is 1.98. The Morgan fingerprint density at radius 2 is 2.00 bits per heavy atom. The first-order valence-corrected chi connectivity index (χ1v) is 7.69. The Labute approximate surface area is 137 Å². The van der Waals surface area contributed by atoms with Crippen LogP contribution in [-0.4, -0.2) is 49.2 Å². The zero-order valence-electron chi connectivity index (χ0n) is 14.2. The highest BCUT2D eigenvalue weighted by molar-refractivity contribution is 5.95. The van der Waals surface area contributed by atoms with Crippen molar-refractivity contribution in [3.8, 4) is 11.5 Å². The number of hydrogen-bond acceptors (Lipinski definition) is 4. The van der Waals surface area contributed by atoms with E-state index >= 15 is 0 Å². The maximum Gasteiger partial charge on any atom is 0.308 e. The first-order chi connectivity index (χ1) is 10.9. The molecule has 0 bridgehead atoms. The molecule has 6 nitrogen and oxygen atoms in total. The third-order valence-electron chi connectivity index (χ3n) is 3.48. The molecule has 0 radical (unpaired) electrons. The van der Waals surface area contributed by atoms with Crippen LogP contribution in [0.1, 0.15) is 37.0 Å². The highest BCUT2D eigenvalue weighted by Gasteiger charge is 2.19. The van der Waals surface area contributed by atoms with Crippen molar-refractivity contribution < 1.29 is 24.2 Å². The summed E-state index contributed by atoms with van der Waals surface area (Å²) in [5, 5.41) is 8.93. The van der Waals surface area contributed by atoms with Gasteiger partial charge in [-0.15, -0.1) is 0 Å². The standard InChI is InChI=1S/C17H25NO5/c1-5-6-9-23-14-8-7-13(10-15(14)22-4)16(19)18(3)11-12(2)17(20)21/h7-8,10,12H,5-6,9,11H2,1-4H3,(H,20,21). The average Bonchev–Trinajstić information content (AvgIpc) is 2.54. The summed E-state index contributed by atoms with van der Waals surface area (Å²) in [7, 11) is 3.10. The fourth-order valence-corrected chi connectivity index (χ4v) is 2.04. The Hall–Kier alpha value is -2.24. The van der Waals surface area contributed by atoms with E-state index in [0.717, 1.165) is 12.8 Å². The van der Waals surface area contributed by atoms with Gasteiger partial charge in [0, 0.05) is 19.2 Å². The Morgan fingerprint density at radius 1 is 1.30 bits per heavy atom. The summed E-state index contributed by atoms with van der Waals surface area (Å²) in [6, 6.07) is 4.98. The zero-order valence-corrected chi connectivity index (χ0v) is 14.2. The molecule has 0 aliphatic carbocycles. The van der Waals surface area contributed by atoms with Crippen LogP contribution in [0, 0.1) is 5.92 Å². The Bertz CT molecular complexity index is 544. The Morgan fingerprint density at radius 3 is 2.57 bits per heavy atom. The van der Waals surface area contributed by atoms with Crippen molar-refractivity contribution in [2.75, 3.05) is 27.3 Å². The summed E-state index contributed by atoms with van der Waals surface area (Å²) in [5.74, 6) is -0.716. The average molecular weight is 323 g/mol. The molecule has 0 fully saturated rings.